The van der Waals surface area contributed by atoms with Crippen molar-refractivity contribution < 1.29 is 9.53 Å². The molecule has 19 heavy (non-hydrogen) atoms. The Hall–Kier alpha value is -0.810. The number of rotatable bonds is 5. The number of nitrogens with one attached hydrogen (secondary N) is 2. The number of amides is 1. The molecule has 0 radical (unpaired) electrons. The molecule has 1 heterocycles. The summed E-state index contributed by atoms with van der Waals surface area (Å²) in [5.41, 5.74) is -0.424. The van der Waals surface area contributed by atoms with Gasteiger partial charge < -0.3 is 20.3 Å². The predicted octanol–water partition coefficient (Wildman–Crippen LogP) is 1.58. The second kappa shape index (κ2) is 7.70. The monoisotopic (exact) mass is 271 g/mol. The van der Waals surface area contributed by atoms with E-state index >= 15 is 0 Å². The van der Waals surface area contributed by atoms with Gasteiger partial charge in [-0.3, -0.25) is 0 Å². The van der Waals surface area contributed by atoms with Crippen LogP contribution in [0.15, 0.2) is 0 Å². The van der Waals surface area contributed by atoms with Crippen molar-refractivity contribution in [1.82, 2.24) is 15.5 Å². The fourth-order valence-electron chi connectivity index (χ4n) is 2.13. The molecule has 5 heteroatoms. The van der Waals surface area contributed by atoms with Gasteiger partial charge in [-0.1, -0.05) is 0 Å². The molecule has 0 spiro atoms. The molecule has 1 rings (SSSR count). The molecule has 0 aliphatic carbocycles. The maximum atomic E-state index is 11.9. The average Bonchev–Trinajstić information content (AvgIpc) is 2.33. The molecule has 0 bridgehead atoms. The number of carbonyl (C=O) groups excluding carboxylic acids is 1. The zero-order valence-corrected chi connectivity index (χ0v) is 12.8. The lowest BCUT2D eigenvalue weighted by molar-refractivity contribution is 0.0260. The van der Waals surface area contributed by atoms with Gasteiger partial charge >= 0.3 is 6.09 Å². The van der Waals surface area contributed by atoms with Gasteiger partial charge in [0.15, 0.2) is 0 Å². The number of nitrogens with zero attached hydrogens (tertiary/aromatic N) is 1. The standard InChI is InChI=1S/C14H29N3O2/c1-5-17(13(18)19-14(2,3)4)11-10-16-12-6-8-15-9-7-12/h12,15-16H,5-11H2,1-4H3. The summed E-state index contributed by atoms with van der Waals surface area (Å²) in [7, 11) is 0. The first kappa shape index (κ1) is 16.2. The molecule has 5 nitrogen and oxygen atoms in total. The molecule has 1 fully saturated rings. The lowest BCUT2D eigenvalue weighted by atomic mass is 10.1. The van der Waals surface area contributed by atoms with Crippen molar-refractivity contribution in [2.24, 2.45) is 0 Å². The molecule has 1 amide bonds. The summed E-state index contributed by atoms with van der Waals surface area (Å²) in [6, 6.07) is 0.582. The van der Waals surface area contributed by atoms with Crippen LogP contribution in [0, 0.1) is 0 Å². The topological polar surface area (TPSA) is 53.6 Å². The summed E-state index contributed by atoms with van der Waals surface area (Å²) in [4.78, 5) is 13.7. The number of hydrogen-bond acceptors (Lipinski definition) is 4. The summed E-state index contributed by atoms with van der Waals surface area (Å²) in [5, 5.41) is 6.86. The van der Waals surface area contributed by atoms with E-state index in [2.05, 4.69) is 10.6 Å². The van der Waals surface area contributed by atoms with Crippen LogP contribution in [0.1, 0.15) is 40.5 Å². The quantitative estimate of drug-likeness (QED) is 0.797. The van der Waals surface area contributed by atoms with Crippen LogP contribution in [0.2, 0.25) is 0 Å². The molecule has 1 aliphatic rings. The molecule has 0 aromatic rings. The Kier molecular flexibility index (Phi) is 6.58. The van der Waals surface area contributed by atoms with Crippen molar-refractivity contribution in [2.45, 2.75) is 52.2 Å². The molecular weight excluding hydrogens is 242 g/mol. The Morgan fingerprint density at radius 3 is 2.53 bits per heavy atom. The summed E-state index contributed by atoms with van der Waals surface area (Å²) in [6.07, 6.45) is 2.11. The molecule has 1 saturated heterocycles. The van der Waals surface area contributed by atoms with Crippen LogP contribution in [-0.4, -0.2) is 55.4 Å². The SMILES string of the molecule is CCN(CCNC1CCNCC1)C(=O)OC(C)(C)C. The number of piperidine rings is 1. The van der Waals surface area contributed by atoms with Gasteiger partial charge in [0.05, 0.1) is 0 Å². The fourth-order valence-corrected chi connectivity index (χ4v) is 2.13. The van der Waals surface area contributed by atoms with Crippen LogP contribution in [-0.2, 0) is 4.74 Å². The third kappa shape index (κ3) is 6.78. The molecule has 0 atom stereocenters. The Morgan fingerprint density at radius 1 is 1.37 bits per heavy atom. The third-order valence-electron chi connectivity index (χ3n) is 3.19. The number of hydrogen-bond donors (Lipinski definition) is 2. The zero-order chi connectivity index (χ0) is 14.3. The minimum atomic E-state index is -0.424. The molecule has 1 aliphatic heterocycles. The predicted molar refractivity (Wildman–Crippen MR) is 77.4 cm³/mol. The molecule has 2 N–H and O–H groups in total. The van der Waals surface area contributed by atoms with Gasteiger partial charge in [0.25, 0.3) is 0 Å². The summed E-state index contributed by atoms with van der Waals surface area (Å²) in [5.74, 6) is 0. The smallest absolute Gasteiger partial charge is 0.410 e. The Bertz CT molecular complexity index is 270. The van der Waals surface area contributed by atoms with E-state index in [1.807, 2.05) is 27.7 Å². The Morgan fingerprint density at radius 2 is 2.00 bits per heavy atom. The van der Waals surface area contributed by atoms with Crippen LogP contribution in [0.3, 0.4) is 0 Å². The van der Waals surface area contributed by atoms with Crippen LogP contribution >= 0.6 is 0 Å². The lowest BCUT2D eigenvalue weighted by Crippen LogP contribution is -2.45. The van der Waals surface area contributed by atoms with E-state index < -0.39 is 5.60 Å². The van der Waals surface area contributed by atoms with Crippen LogP contribution in [0.4, 0.5) is 4.79 Å². The van der Waals surface area contributed by atoms with E-state index in [0.717, 1.165) is 19.6 Å². The van der Waals surface area contributed by atoms with E-state index in [-0.39, 0.29) is 6.09 Å². The second-order valence-electron chi connectivity index (χ2n) is 6.04. The minimum Gasteiger partial charge on any atom is -0.444 e. The Labute approximate surface area is 117 Å². The van der Waals surface area contributed by atoms with Gasteiger partial charge in [-0.15, -0.1) is 0 Å². The maximum absolute atomic E-state index is 11.9. The average molecular weight is 271 g/mol. The summed E-state index contributed by atoms with van der Waals surface area (Å²) >= 11 is 0. The van der Waals surface area contributed by atoms with Crippen LogP contribution in [0.25, 0.3) is 0 Å². The normalized spacial score (nSPS) is 17.3. The van der Waals surface area contributed by atoms with E-state index in [0.29, 0.717) is 19.1 Å². The van der Waals surface area contributed by atoms with Crippen molar-refractivity contribution in [3.8, 4) is 0 Å². The minimum absolute atomic E-state index is 0.220. The molecular formula is C14H29N3O2. The van der Waals surface area contributed by atoms with Gasteiger partial charge in [-0.2, -0.15) is 0 Å². The number of likely N-dealkylation sites (N-methyl/N-ethyl adjacent to an activating group) is 1. The van der Waals surface area contributed by atoms with Crippen molar-refractivity contribution in [2.75, 3.05) is 32.7 Å². The summed E-state index contributed by atoms with van der Waals surface area (Å²) in [6.45, 7) is 12.1. The van der Waals surface area contributed by atoms with Crippen molar-refractivity contribution >= 4 is 6.09 Å². The van der Waals surface area contributed by atoms with Crippen molar-refractivity contribution in [3.63, 3.8) is 0 Å². The first-order valence-electron chi connectivity index (χ1n) is 7.34. The maximum Gasteiger partial charge on any atom is 0.410 e. The van der Waals surface area contributed by atoms with Crippen molar-refractivity contribution in [3.05, 3.63) is 0 Å². The molecule has 0 aromatic heterocycles. The van der Waals surface area contributed by atoms with Crippen LogP contribution in [0.5, 0.6) is 0 Å². The van der Waals surface area contributed by atoms with Gasteiger partial charge in [-0.05, 0) is 53.6 Å². The summed E-state index contributed by atoms with van der Waals surface area (Å²) < 4.78 is 5.38. The highest BCUT2D eigenvalue weighted by Gasteiger charge is 2.21. The van der Waals surface area contributed by atoms with Crippen molar-refractivity contribution in [1.29, 1.82) is 0 Å². The second-order valence-corrected chi connectivity index (χ2v) is 6.04. The van der Waals surface area contributed by atoms with E-state index in [1.54, 1.807) is 4.90 Å². The highest BCUT2D eigenvalue weighted by molar-refractivity contribution is 5.68. The largest absolute Gasteiger partial charge is 0.444 e. The number of ether oxygens (including phenoxy) is 1. The first-order valence-corrected chi connectivity index (χ1v) is 7.34. The van der Waals surface area contributed by atoms with E-state index in [9.17, 15) is 4.79 Å². The highest BCUT2D eigenvalue weighted by Crippen LogP contribution is 2.09. The zero-order valence-electron chi connectivity index (χ0n) is 12.8. The van der Waals surface area contributed by atoms with Gasteiger partial charge in [0, 0.05) is 25.7 Å². The van der Waals surface area contributed by atoms with Gasteiger partial charge in [0.2, 0.25) is 0 Å². The first-order chi connectivity index (χ1) is 8.92. The molecule has 0 saturated carbocycles. The fraction of sp³-hybridized carbons (Fsp3) is 0.929. The van der Waals surface area contributed by atoms with E-state index in [1.165, 1.54) is 12.8 Å². The van der Waals surface area contributed by atoms with Gasteiger partial charge in [-0.25, -0.2) is 4.79 Å². The molecule has 0 unspecified atom stereocenters. The number of carbonyl (C=O) groups is 1. The lowest BCUT2D eigenvalue weighted by Gasteiger charge is -2.28. The third-order valence-corrected chi connectivity index (χ3v) is 3.19. The Balaban J connectivity index is 2.25. The highest BCUT2D eigenvalue weighted by atomic mass is 16.6. The van der Waals surface area contributed by atoms with Gasteiger partial charge in [0.1, 0.15) is 5.60 Å². The van der Waals surface area contributed by atoms with Crippen LogP contribution < -0.4 is 10.6 Å². The molecule has 112 valence electrons. The van der Waals surface area contributed by atoms with E-state index in [4.69, 9.17) is 4.74 Å². The molecule has 0 aromatic carbocycles.